The fraction of sp³-hybridized carbons (Fsp3) is 0.263. The van der Waals surface area contributed by atoms with E-state index in [1.165, 1.54) is 0 Å². The summed E-state index contributed by atoms with van der Waals surface area (Å²) in [5, 5.41) is 23.8. The molecule has 0 radical (unpaired) electrons. The first-order valence-corrected chi connectivity index (χ1v) is 8.64. The molecule has 0 aliphatic carbocycles. The van der Waals surface area contributed by atoms with Crippen LogP contribution in [0, 0.1) is 22.8 Å². The van der Waals surface area contributed by atoms with Crippen LogP contribution in [0.15, 0.2) is 29.3 Å². The molecule has 0 saturated carbocycles. The van der Waals surface area contributed by atoms with E-state index in [1.54, 1.807) is 0 Å². The molecule has 0 amide bonds. The second kappa shape index (κ2) is 7.82. The standard InChI is InChI=1S/C19H20N8O/c1-10(2)28-8-11-5-3-4-6-12(11)16-14-15(22)13(7-20)17(23)26-18(14)27-19(25-16)24-9-21/h3-6,10,16H,8H2,1-2H3,(H6,22,23,24,25,26,27). The van der Waals surface area contributed by atoms with Crippen molar-refractivity contribution >= 4 is 23.3 Å². The fourth-order valence-corrected chi connectivity index (χ4v) is 2.99. The van der Waals surface area contributed by atoms with Gasteiger partial charge >= 0.3 is 0 Å². The van der Waals surface area contributed by atoms with Crippen LogP contribution in [0.5, 0.6) is 0 Å². The van der Waals surface area contributed by atoms with Crippen LogP contribution in [0.1, 0.15) is 42.1 Å². The van der Waals surface area contributed by atoms with Crippen LogP contribution in [-0.2, 0) is 11.3 Å². The summed E-state index contributed by atoms with van der Waals surface area (Å²) in [7, 11) is 0. The van der Waals surface area contributed by atoms with E-state index in [4.69, 9.17) is 21.5 Å². The maximum absolute atomic E-state index is 9.41. The van der Waals surface area contributed by atoms with E-state index in [2.05, 4.69) is 20.6 Å². The molecule has 1 unspecified atom stereocenters. The summed E-state index contributed by atoms with van der Waals surface area (Å²) >= 11 is 0. The molecule has 9 heteroatoms. The number of anilines is 3. The molecule has 0 saturated heterocycles. The highest BCUT2D eigenvalue weighted by Gasteiger charge is 2.30. The number of nitriles is 2. The number of nitrogens with zero attached hydrogens (tertiary/aromatic N) is 4. The SMILES string of the molecule is CC(C)OCc1ccccc1C1N=C(NC#N)Nc2nc(N)c(C#N)c(N)c21. The zero-order valence-electron chi connectivity index (χ0n) is 15.5. The van der Waals surface area contributed by atoms with Gasteiger partial charge in [-0.15, -0.1) is 0 Å². The highest BCUT2D eigenvalue weighted by atomic mass is 16.5. The number of aromatic nitrogens is 1. The Morgan fingerprint density at radius 1 is 1.29 bits per heavy atom. The van der Waals surface area contributed by atoms with Crippen molar-refractivity contribution in [2.45, 2.75) is 32.6 Å². The lowest BCUT2D eigenvalue weighted by molar-refractivity contribution is 0.0652. The van der Waals surface area contributed by atoms with Gasteiger partial charge in [0.15, 0.2) is 6.19 Å². The van der Waals surface area contributed by atoms with E-state index >= 15 is 0 Å². The Hall–Kier alpha value is -3.82. The van der Waals surface area contributed by atoms with Gasteiger partial charge in [0, 0.05) is 5.56 Å². The Bertz CT molecular complexity index is 1020. The average molecular weight is 376 g/mol. The monoisotopic (exact) mass is 376 g/mol. The molecule has 1 aromatic heterocycles. The molecule has 1 aromatic carbocycles. The number of guanidine groups is 1. The molecular formula is C19H20N8O. The third kappa shape index (κ3) is 3.52. The van der Waals surface area contributed by atoms with Gasteiger partial charge in [-0.2, -0.15) is 10.5 Å². The Kier molecular flexibility index (Phi) is 5.30. The summed E-state index contributed by atoms with van der Waals surface area (Å²) < 4.78 is 5.76. The first-order valence-electron chi connectivity index (χ1n) is 8.64. The van der Waals surface area contributed by atoms with E-state index in [0.29, 0.717) is 18.0 Å². The molecule has 1 aliphatic rings. The van der Waals surface area contributed by atoms with Crippen molar-refractivity contribution in [1.29, 1.82) is 10.5 Å². The van der Waals surface area contributed by atoms with Crippen molar-refractivity contribution in [1.82, 2.24) is 10.3 Å². The molecular weight excluding hydrogens is 356 g/mol. The summed E-state index contributed by atoms with van der Waals surface area (Å²) in [4.78, 5) is 8.84. The van der Waals surface area contributed by atoms with Crippen molar-refractivity contribution in [2.75, 3.05) is 16.8 Å². The average Bonchev–Trinajstić information content (AvgIpc) is 2.66. The van der Waals surface area contributed by atoms with Crippen molar-refractivity contribution in [3.05, 3.63) is 46.5 Å². The molecule has 9 nitrogen and oxygen atoms in total. The molecule has 1 atom stereocenters. The number of rotatable bonds is 4. The Morgan fingerprint density at radius 2 is 2.04 bits per heavy atom. The van der Waals surface area contributed by atoms with E-state index in [0.717, 1.165) is 11.1 Å². The Morgan fingerprint density at radius 3 is 2.71 bits per heavy atom. The minimum Gasteiger partial charge on any atom is -0.397 e. The molecule has 28 heavy (non-hydrogen) atoms. The lowest BCUT2D eigenvalue weighted by atomic mass is 9.92. The van der Waals surface area contributed by atoms with Gasteiger partial charge in [-0.25, -0.2) is 9.98 Å². The number of nitrogen functional groups attached to an aromatic ring is 2. The first-order chi connectivity index (χ1) is 13.5. The van der Waals surface area contributed by atoms with Crippen molar-refractivity contribution in [3.63, 3.8) is 0 Å². The molecule has 0 bridgehead atoms. The lowest BCUT2D eigenvalue weighted by Crippen LogP contribution is -2.33. The topological polar surface area (TPSA) is 158 Å². The van der Waals surface area contributed by atoms with Crippen molar-refractivity contribution in [3.8, 4) is 12.3 Å². The largest absolute Gasteiger partial charge is 0.397 e. The van der Waals surface area contributed by atoms with Crippen LogP contribution in [0.25, 0.3) is 0 Å². The molecule has 2 heterocycles. The molecule has 142 valence electrons. The summed E-state index contributed by atoms with van der Waals surface area (Å²) in [6.45, 7) is 4.30. The predicted molar refractivity (Wildman–Crippen MR) is 106 cm³/mol. The number of pyridine rings is 1. The van der Waals surface area contributed by atoms with Gasteiger partial charge in [0.05, 0.1) is 18.4 Å². The quantitative estimate of drug-likeness (QED) is 0.466. The van der Waals surface area contributed by atoms with E-state index in [1.807, 2.05) is 50.4 Å². The number of ether oxygens (including phenoxy) is 1. The van der Waals surface area contributed by atoms with Gasteiger partial charge in [0.2, 0.25) is 5.96 Å². The van der Waals surface area contributed by atoms with Gasteiger partial charge in [-0.05, 0) is 25.0 Å². The summed E-state index contributed by atoms with van der Waals surface area (Å²) in [5.41, 5.74) is 14.7. The Balaban J connectivity index is 2.19. The molecule has 2 aromatic rings. The van der Waals surface area contributed by atoms with E-state index < -0.39 is 6.04 Å². The molecule has 1 aliphatic heterocycles. The number of nitrogens with one attached hydrogen (secondary N) is 2. The smallest absolute Gasteiger partial charge is 0.211 e. The van der Waals surface area contributed by atoms with Crippen molar-refractivity contribution < 1.29 is 4.74 Å². The van der Waals surface area contributed by atoms with Gasteiger partial charge in [-0.3, -0.25) is 5.32 Å². The van der Waals surface area contributed by atoms with Crippen LogP contribution in [0.2, 0.25) is 0 Å². The van der Waals surface area contributed by atoms with Gasteiger partial charge < -0.3 is 21.5 Å². The number of benzene rings is 1. The van der Waals surface area contributed by atoms with Crippen molar-refractivity contribution in [2.24, 2.45) is 4.99 Å². The van der Waals surface area contributed by atoms with Crippen LogP contribution < -0.4 is 22.1 Å². The first kappa shape index (κ1) is 19.0. The van der Waals surface area contributed by atoms with Crippen LogP contribution in [0.4, 0.5) is 17.3 Å². The second-order valence-electron chi connectivity index (χ2n) is 6.46. The molecule has 0 fully saturated rings. The number of hydrogen-bond donors (Lipinski definition) is 4. The molecule has 3 rings (SSSR count). The molecule has 6 N–H and O–H groups in total. The molecule has 0 spiro atoms. The zero-order chi connectivity index (χ0) is 20.3. The highest BCUT2D eigenvalue weighted by Crippen LogP contribution is 2.41. The lowest BCUT2D eigenvalue weighted by Gasteiger charge is -2.27. The highest BCUT2D eigenvalue weighted by molar-refractivity contribution is 5.98. The van der Waals surface area contributed by atoms with E-state index in [9.17, 15) is 5.26 Å². The van der Waals surface area contributed by atoms with Gasteiger partial charge in [0.25, 0.3) is 0 Å². The van der Waals surface area contributed by atoms with Crippen LogP contribution in [0.3, 0.4) is 0 Å². The number of nitrogens with two attached hydrogens (primary N) is 2. The van der Waals surface area contributed by atoms with Crippen LogP contribution >= 0.6 is 0 Å². The summed E-state index contributed by atoms with van der Waals surface area (Å²) in [6, 6.07) is 9.06. The van der Waals surface area contributed by atoms with E-state index in [-0.39, 0.29) is 29.1 Å². The normalized spacial score (nSPS) is 15.0. The number of fused-ring (bicyclic) bond motifs is 1. The number of hydrogen-bond acceptors (Lipinski definition) is 9. The number of aliphatic imine (C=N–C) groups is 1. The minimum atomic E-state index is -0.584. The maximum atomic E-state index is 9.41. The van der Waals surface area contributed by atoms with Crippen LogP contribution in [-0.4, -0.2) is 17.0 Å². The minimum absolute atomic E-state index is 0.0135. The fourth-order valence-electron chi connectivity index (χ4n) is 2.99. The predicted octanol–water partition coefficient (Wildman–Crippen LogP) is 1.98. The third-order valence-electron chi connectivity index (χ3n) is 4.28. The Labute approximate surface area is 162 Å². The van der Waals surface area contributed by atoms with Gasteiger partial charge in [0.1, 0.15) is 29.3 Å². The summed E-state index contributed by atoms with van der Waals surface area (Å²) in [6.07, 6.45) is 1.90. The second-order valence-corrected chi connectivity index (χ2v) is 6.46. The maximum Gasteiger partial charge on any atom is 0.211 e. The zero-order valence-corrected chi connectivity index (χ0v) is 15.5. The van der Waals surface area contributed by atoms with Gasteiger partial charge in [-0.1, -0.05) is 24.3 Å². The third-order valence-corrected chi connectivity index (χ3v) is 4.28. The summed E-state index contributed by atoms with van der Waals surface area (Å²) in [5.74, 6) is 0.585.